The number of hydrogen-bond donors (Lipinski definition) is 2. The van der Waals surface area contributed by atoms with Crippen LogP contribution in [0.3, 0.4) is 0 Å². The Morgan fingerprint density at radius 3 is 2.76 bits per heavy atom. The molecular weight excluding hydrogens is 222 g/mol. The van der Waals surface area contributed by atoms with Gasteiger partial charge in [-0.25, -0.2) is 0 Å². The van der Waals surface area contributed by atoms with Crippen molar-refractivity contribution < 1.29 is 19.4 Å². The predicted molar refractivity (Wildman–Crippen MR) is 62.6 cm³/mol. The fraction of sp³-hybridized carbons (Fsp3) is 0.833. The van der Waals surface area contributed by atoms with Gasteiger partial charge in [0.25, 0.3) is 0 Å². The molecule has 1 saturated heterocycles. The third kappa shape index (κ3) is 4.34. The molecule has 0 spiro atoms. The van der Waals surface area contributed by atoms with Crippen molar-refractivity contribution in [3.63, 3.8) is 0 Å². The number of carboxylic acids is 1. The Morgan fingerprint density at radius 1 is 1.53 bits per heavy atom. The van der Waals surface area contributed by atoms with E-state index in [2.05, 4.69) is 5.32 Å². The van der Waals surface area contributed by atoms with Gasteiger partial charge in [0, 0.05) is 19.1 Å². The van der Waals surface area contributed by atoms with E-state index in [0.29, 0.717) is 13.0 Å². The third-order valence-corrected chi connectivity index (χ3v) is 3.15. The summed E-state index contributed by atoms with van der Waals surface area (Å²) in [6.07, 6.45) is 2.25. The van der Waals surface area contributed by atoms with Crippen LogP contribution in [0.1, 0.15) is 39.5 Å². The van der Waals surface area contributed by atoms with Crippen LogP contribution in [0.4, 0.5) is 0 Å². The Hall–Kier alpha value is -1.10. The number of amides is 1. The predicted octanol–water partition coefficient (Wildman–Crippen LogP) is 1.17. The molecule has 5 heteroatoms. The highest BCUT2D eigenvalue weighted by molar-refractivity contribution is 5.82. The van der Waals surface area contributed by atoms with Gasteiger partial charge < -0.3 is 15.2 Å². The van der Waals surface area contributed by atoms with Crippen molar-refractivity contribution in [3.05, 3.63) is 0 Å². The van der Waals surface area contributed by atoms with Crippen molar-refractivity contribution >= 4 is 11.9 Å². The fourth-order valence-corrected chi connectivity index (χ4v) is 1.92. The van der Waals surface area contributed by atoms with Crippen molar-refractivity contribution in [3.8, 4) is 0 Å². The molecule has 0 aromatic heterocycles. The summed E-state index contributed by atoms with van der Waals surface area (Å²) in [7, 11) is 0. The first-order valence-electron chi connectivity index (χ1n) is 6.04. The number of nitrogens with one attached hydrogen (secondary N) is 1. The van der Waals surface area contributed by atoms with Gasteiger partial charge >= 0.3 is 5.97 Å². The zero-order valence-electron chi connectivity index (χ0n) is 10.5. The summed E-state index contributed by atoms with van der Waals surface area (Å²) in [5.41, 5.74) is -0.463. The number of carboxylic acid groups (broad SMARTS) is 1. The van der Waals surface area contributed by atoms with Crippen LogP contribution in [-0.2, 0) is 14.3 Å². The van der Waals surface area contributed by atoms with Crippen molar-refractivity contribution in [2.24, 2.45) is 5.41 Å². The molecule has 0 aliphatic carbocycles. The van der Waals surface area contributed by atoms with Crippen molar-refractivity contribution in [1.29, 1.82) is 0 Å². The first-order valence-corrected chi connectivity index (χ1v) is 6.04. The topological polar surface area (TPSA) is 75.6 Å². The van der Waals surface area contributed by atoms with Crippen LogP contribution in [0.15, 0.2) is 0 Å². The van der Waals surface area contributed by atoms with E-state index in [1.807, 2.05) is 13.8 Å². The largest absolute Gasteiger partial charge is 0.481 e. The van der Waals surface area contributed by atoms with Gasteiger partial charge in [0.05, 0.1) is 12.0 Å². The molecule has 1 heterocycles. The van der Waals surface area contributed by atoms with Gasteiger partial charge in [-0.1, -0.05) is 0 Å². The van der Waals surface area contributed by atoms with E-state index in [1.54, 1.807) is 0 Å². The zero-order chi connectivity index (χ0) is 12.9. The number of hydrogen-bond acceptors (Lipinski definition) is 3. The van der Waals surface area contributed by atoms with Gasteiger partial charge in [-0.15, -0.1) is 0 Å². The average Bonchev–Trinajstić information content (AvgIpc) is 2.27. The van der Waals surface area contributed by atoms with Crippen LogP contribution in [0, 0.1) is 5.41 Å². The van der Waals surface area contributed by atoms with Crippen LogP contribution >= 0.6 is 0 Å². The molecule has 98 valence electrons. The molecular formula is C12H21NO4. The quantitative estimate of drug-likeness (QED) is 0.760. The lowest BCUT2D eigenvalue weighted by Crippen LogP contribution is -2.47. The fourth-order valence-electron chi connectivity index (χ4n) is 1.92. The van der Waals surface area contributed by atoms with Gasteiger partial charge in [-0.2, -0.15) is 0 Å². The summed E-state index contributed by atoms with van der Waals surface area (Å²) in [4.78, 5) is 22.5. The molecule has 0 aromatic carbocycles. The van der Waals surface area contributed by atoms with Gasteiger partial charge in [-0.05, 0) is 33.1 Å². The minimum Gasteiger partial charge on any atom is -0.481 e. The van der Waals surface area contributed by atoms with E-state index in [-0.39, 0.29) is 18.4 Å². The molecule has 0 bridgehead atoms. The number of ether oxygens (including phenoxy) is 1. The van der Waals surface area contributed by atoms with Gasteiger partial charge in [0.1, 0.15) is 0 Å². The summed E-state index contributed by atoms with van der Waals surface area (Å²) in [5, 5.41) is 11.4. The second-order valence-electron chi connectivity index (χ2n) is 5.02. The normalized spacial score (nSPS) is 26.2. The summed E-state index contributed by atoms with van der Waals surface area (Å²) in [6, 6.07) is -0.114. The second-order valence-corrected chi connectivity index (χ2v) is 5.02. The summed E-state index contributed by atoms with van der Waals surface area (Å²) in [6.45, 7) is 4.89. The molecule has 17 heavy (non-hydrogen) atoms. The Balaban J connectivity index is 2.39. The monoisotopic (exact) mass is 243 g/mol. The summed E-state index contributed by atoms with van der Waals surface area (Å²) < 4.78 is 5.33. The first kappa shape index (κ1) is 14.0. The number of rotatable bonds is 5. The van der Waals surface area contributed by atoms with E-state index < -0.39 is 11.4 Å². The number of carbonyl (C=O) groups is 2. The van der Waals surface area contributed by atoms with E-state index in [9.17, 15) is 9.59 Å². The zero-order valence-corrected chi connectivity index (χ0v) is 10.5. The van der Waals surface area contributed by atoms with Crippen molar-refractivity contribution in [2.75, 3.05) is 13.2 Å². The minimum atomic E-state index is -0.835. The molecule has 1 rings (SSSR count). The minimum absolute atomic E-state index is 0.0323. The van der Waals surface area contributed by atoms with Gasteiger partial charge in [-0.3, -0.25) is 9.59 Å². The molecule has 0 radical (unpaired) electrons. The van der Waals surface area contributed by atoms with E-state index in [1.165, 1.54) is 0 Å². The highest BCUT2D eigenvalue weighted by Crippen LogP contribution is 2.28. The van der Waals surface area contributed by atoms with E-state index in [0.717, 1.165) is 19.4 Å². The molecule has 0 aromatic rings. The second kappa shape index (κ2) is 6.00. The van der Waals surface area contributed by atoms with Crippen LogP contribution < -0.4 is 5.32 Å². The van der Waals surface area contributed by atoms with Crippen molar-refractivity contribution in [2.45, 2.75) is 45.6 Å². The van der Waals surface area contributed by atoms with Gasteiger partial charge in [0.15, 0.2) is 0 Å². The van der Waals surface area contributed by atoms with Crippen LogP contribution in [0.5, 0.6) is 0 Å². The Kier molecular flexibility index (Phi) is 4.93. The SMILES string of the molecule is CC(CCC(=O)O)NC(=O)C1(C)CCCOC1. The van der Waals surface area contributed by atoms with Crippen LogP contribution in [-0.4, -0.2) is 36.2 Å². The van der Waals surface area contributed by atoms with Crippen LogP contribution in [0.25, 0.3) is 0 Å². The standard InChI is InChI=1S/C12H21NO4/c1-9(4-5-10(14)15)13-11(16)12(2)6-3-7-17-8-12/h9H,3-8H2,1-2H3,(H,13,16)(H,14,15). The molecule has 2 atom stereocenters. The maximum atomic E-state index is 12.0. The Labute approximate surface area is 102 Å². The first-order chi connectivity index (χ1) is 7.94. The lowest BCUT2D eigenvalue weighted by atomic mass is 9.83. The number of carbonyl (C=O) groups excluding carboxylic acids is 1. The number of aliphatic carboxylic acids is 1. The lowest BCUT2D eigenvalue weighted by molar-refractivity contribution is -0.140. The summed E-state index contributed by atoms with van der Waals surface area (Å²) in [5.74, 6) is -0.867. The molecule has 1 fully saturated rings. The Bertz CT molecular complexity index is 284. The molecule has 2 N–H and O–H groups in total. The van der Waals surface area contributed by atoms with Gasteiger partial charge in [0.2, 0.25) is 5.91 Å². The molecule has 1 aliphatic heterocycles. The van der Waals surface area contributed by atoms with Crippen LogP contribution in [0.2, 0.25) is 0 Å². The molecule has 1 aliphatic rings. The van der Waals surface area contributed by atoms with Crippen molar-refractivity contribution in [1.82, 2.24) is 5.32 Å². The maximum absolute atomic E-state index is 12.0. The average molecular weight is 243 g/mol. The summed E-state index contributed by atoms with van der Waals surface area (Å²) >= 11 is 0. The Morgan fingerprint density at radius 2 is 2.24 bits per heavy atom. The smallest absolute Gasteiger partial charge is 0.303 e. The molecule has 2 unspecified atom stereocenters. The highest BCUT2D eigenvalue weighted by atomic mass is 16.5. The molecule has 1 amide bonds. The maximum Gasteiger partial charge on any atom is 0.303 e. The highest BCUT2D eigenvalue weighted by Gasteiger charge is 2.35. The third-order valence-electron chi connectivity index (χ3n) is 3.15. The van der Waals surface area contributed by atoms with E-state index >= 15 is 0 Å². The molecule has 0 saturated carbocycles. The van der Waals surface area contributed by atoms with E-state index in [4.69, 9.17) is 9.84 Å². The lowest BCUT2D eigenvalue weighted by Gasteiger charge is -2.33. The molecule has 5 nitrogen and oxygen atoms in total.